The summed E-state index contributed by atoms with van der Waals surface area (Å²) in [5.41, 5.74) is 0.630. The molecule has 1 saturated heterocycles. The van der Waals surface area contributed by atoms with Crippen LogP contribution in [0.3, 0.4) is 0 Å². The third kappa shape index (κ3) is 4.77. The van der Waals surface area contributed by atoms with E-state index in [4.69, 9.17) is 9.47 Å². The number of carbonyl (C=O) groups is 3. The number of hydrogen-bond donors (Lipinski definition) is 0. The lowest BCUT2D eigenvalue weighted by Gasteiger charge is -2.18. The number of thioether (sulfide) groups is 1. The quantitative estimate of drug-likeness (QED) is 0.323. The van der Waals surface area contributed by atoms with E-state index < -0.39 is 23.2 Å². The highest BCUT2D eigenvalue weighted by atomic mass is 79.9. The van der Waals surface area contributed by atoms with Crippen molar-refractivity contribution in [1.29, 1.82) is 0 Å². The van der Waals surface area contributed by atoms with Crippen molar-refractivity contribution in [2.75, 3.05) is 20.3 Å². The first-order valence-corrected chi connectivity index (χ1v) is 9.99. The average molecular weight is 470 g/mol. The van der Waals surface area contributed by atoms with Gasteiger partial charge in [-0.05, 0) is 49.4 Å². The average Bonchev–Trinajstić information content (AvgIpc) is 2.95. The summed E-state index contributed by atoms with van der Waals surface area (Å²) in [4.78, 5) is 37.7. The Kier molecular flexibility index (Phi) is 7.70. The molecule has 0 saturated carbocycles. The van der Waals surface area contributed by atoms with Crippen LogP contribution in [0.2, 0.25) is 0 Å². The molecule has 0 aromatic heterocycles. The molecule has 0 unspecified atom stereocenters. The van der Waals surface area contributed by atoms with Crippen molar-refractivity contribution in [1.82, 2.24) is 4.90 Å². The van der Waals surface area contributed by atoms with Crippen LogP contribution in [-0.4, -0.2) is 48.4 Å². The minimum Gasteiger partial charge on any atom is -0.490 e. The van der Waals surface area contributed by atoms with E-state index >= 15 is 0 Å². The van der Waals surface area contributed by atoms with Crippen LogP contribution >= 0.6 is 27.7 Å². The lowest BCUT2D eigenvalue weighted by molar-refractivity contribution is -0.148. The Labute approximate surface area is 175 Å². The SMILES string of the molecule is C=CCOc1cc(Br)c(/C=C2/SC(=O)N([C@@H](C)C(=O)OC)C2=O)cc1OCC. The Balaban J connectivity index is 2.37. The largest absolute Gasteiger partial charge is 0.490 e. The van der Waals surface area contributed by atoms with E-state index in [1.165, 1.54) is 14.0 Å². The number of nitrogens with zero attached hydrogens (tertiary/aromatic N) is 1. The lowest BCUT2D eigenvalue weighted by atomic mass is 10.1. The summed E-state index contributed by atoms with van der Waals surface area (Å²) in [6.45, 7) is 7.65. The van der Waals surface area contributed by atoms with Crippen molar-refractivity contribution in [3.63, 3.8) is 0 Å². The van der Waals surface area contributed by atoms with Gasteiger partial charge in [0.1, 0.15) is 12.6 Å². The number of halogens is 1. The molecular formula is C19H20BrNO6S. The molecule has 0 N–H and O–H groups in total. The zero-order valence-electron chi connectivity index (χ0n) is 15.7. The van der Waals surface area contributed by atoms with Gasteiger partial charge in [-0.15, -0.1) is 0 Å². The Morgan fingerprint density at radius 3 is 2.61 bits per heavy atom. The van der Waals surface area contributed by atoms with Crippen LogP contribution in [0.25, 0.3) is 6.08 Å². The van der Waals surface area contributed by atoms with Gasteiger partial charge in [-0.1, -0.05) is 28.6 Å². The van der Waals surface area contributed by atoms with Crippen LogP contribution < -0.4 is 9.47 Å². The van der Waals surface area contributed by atoms with Gasteiger partial charge >= 0.3 is 5.97 Å². The number of esters is 1. The summed E-state index contributed by atoms with van der Waals surface area (Å²) in [5.74, 6) is -0.184. The Hall–Kier alpha value is -2.26. The van der Waals surface area contributed by atoms with Gasteiger partial charge in [0, 0.05) is 4.47 Å². The highest BCUT2D eigenvalue weighted by molar-refractivity contribution is 9.10. The lowest BCUT2D eigenvalue weighted by Crippen LogP contribution is -2.42. The van der Waals surface area contributed by atoms with Gasteiger partial charge in [0.15, 0.2) is 11.5 Å². The van der Waals surface area contributed by atoms with Crippen LogP contribution in [0.5, 0.6) is 11.5 Å². The Bertz CT molecular complexity index is 838. The predicted molar refractivity (Wildman–Crippen MR) is 110 cm³/mol. The van der Waals surface area contributed by atoms with Crippen molar-refractivity contribution in [2.24, 2.45) is 0 Å². The molecule has 1 aromatic rings. The van der Waals surface area contributed by atoms with E-state index in [9.17, 15) is 14.4 Å². The summed E-state index contributed by atoms with van der Waals surface area (Å²) < 4.78 is 16.5. The maximum atomic E-state index is 12.6. The van der Waals surface area contributed by atoms with E-state index in [-0.39, 0.29) is 4.91 Å². The van der Waals surface area contributed by atoms with Gasteiger partial charge in [0.25, 0.3) is 11.1 Å². The fraction of sp³-hybridized carbons (Fsp3) is 0.316. The van der Waals surface area contributed by atoms with Gasteiger partial charge < -0.3 is 14.2 Å². The molecular weight excluding hydrogens is 450 g/mol. The fourth-order valence-corrected chi connectivity index (χ4v) is 3.76. The summed E-state index contributed by atoms with van der Waals surface area (Å²) in [6, 6.07) is 2.44. The number of carbonyl (C=O) groups excluding carboxylic acids is 3. The molecule has 0 radical (unpaired) electrons. The van der Waals surface area contributed by atoms with Crippen molar-refractivity contribution in [2.45, 2.75) is 19.9 Å². The molecule has 2 rings (SSSR count). The Morgan fingerprint density at radius 2 is 2.00 bits per heavy atom. The number of hydrogen-bond acceptors (Lipinski definition) is 7. The number of methoxy groups -OCH3 is 1. The second-order valence-corrected chi connectivity index (χ2v) is 7.45. The number of ether oxygens (including phenoxy) is 3. The van der Waals surface area contributed by atoms with E-state index in [2.05, 4.69) is 27.2 Å². The normalized spacial score (nSPS) is 16.3. The summed E-state index contributed by atoms with van der Waals surface area (Å²) in [7, 11) is 1.20. The van der Waals surface area contributed by atoms with Gasteiger partial charge in [-0.2, -0.15) is 0 Å². The Morgan fingerprint density at radius 1 is 1.32 bits per heavy atom. The van der Waals surface area contributed by atoms with Crippen molar-refractivity contribution in [3.8, 4) is 11.5 Å². The number of imide groups is 1. The zero-order valence-corrected chi connectivity index (χ0v) is 18.1. The molecule has 150 valence electrons. The van der Waals surface area contributed by atoms with Crippen molar-refractivity contribution >= 4 is 50.9 Å². The summed E-state index contributed by atoms with van der Waals surface area (Å²) >= 11 is 4.21. The van der Waals surface area contributed by atoms with Crippen LogP contribution in [0, 0.1) is 0 Å². The molecule has 28 heavy (non-hydrogen) atoms. The maximum Gasteiger partial charge on any atom is 0.328 e. The molecule has 1 atom stereocenters. The first-order chi connectivity index (χ1) is 13.3. The van der Waals surface area contributed by atoms with Crippen molar-refractivity contribution < 1.29 is 28.6 Å². The third-order valence-corrected chi connectivity index (χ3v) is 5.33. The number of amides is 2. The molecule has 0 spiro atoms. The fourth-order valence-electron chi connectivity index (χ4n) is 2.42. The molecule has 9 heteroatoms. The van der Waals surface area contributed by atoms with Gasteiger partial charge in [-0.25, -0.2) is 4.79 Å². The minimum absolute atomic E-state index is 0.198. The second-order valence-electron chi connectivity index (χ2n) is 5.60. The topological polar surface area (TPSA) is 82.1 Å². The van der Waals surface area contributed by atoms with Crippen molar-refractivity contribution in [3.05, 3.63) is 39.7 Å². The maximum absolute atomic E-state index is 12.6. The molecule has 0 aliphatic carbocycles. The number of rotatable bonds is 8. The van der Waals surface area contributed by atoms with Crippen LogP contribution in [0.1, 0.15) is 19.4 Å². The zero-order chi connectivity index (χ0) is 20.8. The summed E-state index contributed by atoms with van der Waals surface area (Å²) in [5, 5.41) is -0.527. The van der Waals surface area contributed by atoms with Gasteiger partial charge in [-0.3, -0.25) is 14.5 Å². The third-order valence-electron chi connectivity index (χ3n) is 3.76. The van der Waals surface area contributed by atoms with Crippen LogP contribution in [-0.2, 0) is 14.3 Å². The molecule has 1 aliphatic heterocycles. The standard InChI is InChI=1S/C19H20BrNO6S/c1-5-7-27-15-10-13(20)12(8-14(15)26-6-2)9-16-17(22)21(19(24)28-16)11(3)18(23)25-4/h5,8-11H,1,6-7H2,2-4H3/b16-9+/t11-/m0/s1. The van der Waals surface area contributed by atoms with Gasteiger partial charge in [0.2, 0.25) is 0 Å². The smallest absolute Gasteiger partial charge is 0.328 e. The van der Waals surface area contributed by atoms with E-state index in [0.717, 1.165) is 16.7 Å². The van der Waals surface area contributed by atoms with Gasteiger partial charge in [0.05, 0.1) is 18.6 Å². The molecule has 2 amide bonds. The molecule has 1 aliphatic rings. The first kappa shape index (κ1) is 22.0. The first-order valence-electron chi connectivity index (χ1n) is 8.38. The molecule has 1 heterocycles. The monoisotopic (exact) mass is 469 g/mol. The van der Waals surface area contributed by atoms with Crippen LogP contribution in [0.4, 0.5) is 4.79 Å². The van der Waals surface area contributed by atoms with E-state index in [0.29, 0.717) is 34.7 Å². The molecule has 1 fully saturated rings. The molecule has 0 bridgehead atoms. The molecule has 7 nitrogen and oxygen atoms in total. The summed E-state index contributed by atoms with van der Waals surface area (Å²) in [6.07, 6.45) is 3.19. The molecule has 1 aromatic carbocycles. The minimum atomic E-state index is -1.000. The van der Waals surface area contributed by atoms with Crippen LogP contribution in [0.15, 0.2) is 34.2 Å². The predicted octanol–water partition coefficient (Wildman–Crippen LogP) is 4.01. The number of benzene rings is 1. The highest BCUT2D eigenvalue weighted by Crippen LogP contribution is 2.38. The van der Waals surface area contributed by atoms with E-state index in [1.54, 1.807) is 24.3 Å². The highest BCUT2D eigenvalue weighted by Gasteiger charge is 2.41. The second kappa shape index (κ2) is 9.79. The van der Waals surface area contributed by atoms with E-state index in [1.807, 2.05) is 6.92 Å².